The Labute approximate surface area is 119 Å². The fraction of sp³-hybridized carbons (Fsp3) is 0.462. The third kappa shape index (κ3) is 5.68. The van der Waals surface area contributed by atoms with E-state index >= 15 is 0 Å². The van der Waals surface area contributed by atoms with Gasteiger partial charge in [0.1, 0.15) is 5.75 Å². The van der Waals surface area contributed by atoms with E-state index < -0.39 is 21.5 Å². The number of anilines is 1. The van der Waals surface area contributed by atoms with Crippen LogP contribution in [-0.4, -0.2) is 39.5 Å². The second-order valence-corrected chi connectivity index (χ2v) is 6.53. The Bertz CT molecular complexity index is 543. The molecule has 0 radical (unpaired) electrons. The van der Waals surface area contributed by atoms with E-state index in [2.05, 4.69) is 5.32 Å². The van der Waals surface area contributed by atoms with E-state index in [-0.39, 0.29) is 12.3 Å². The first-order valence-electron chi connectivity index (χ1n) is 6.25. The molecule has 1 amide bonds. The average molecular weight is 300 g/mol. The molecule has 7 heteroatoms. The van der Waals surface area contributed by atoms with Crippen molar-refractivity contribution in [3.05, 3.63) is 29.8 Å². The van der Waals surface area contributed by atoms with Gasteiger partial charge in [-0.1, -0.05) is 18.2 Å². The maximum atomic E-state index is 11.8. The lowest BCUT2D eigenvalue weighted by molar-refractivity contribution is -0.113. The van der Waals surface area contributed by atoms with Crippen LogP contribution in [0.2, 0.25) is 0 Å². The second-order valence-electron chi connectivity index (χ2n) is 4.35. The highest BCUT2D eigenvalue weighted by atomic mass is 32.2. The molecule has 1 rings (SSSR count). The van der Waals surface area contributed by atoms with Crippen LogP contribution in [0.1, 0.15) is 12.0 Å². The summed E-state index contributed by atoms with van der Waals surface area (Å²) < 4.78 is 28.2. The minimum Gasteiger partial charge on any atom is -0.385 e. The maximum absolute atomic E-state index is 11.8. The summed E-state index contributed by atoms with van der Waals surface area (Å²) in [5.74, 6) is -1.15. The van der Waals surface area contributed by atoms with E-state index in [4.69, 9.17) is 10.5 Å². The second kappa shape index (κ2) is 7.98. The Morgan fingerprint density at radius 1 is 1.35 bits per heavy atom. The molecule has 0 aliphatic carbocycles. The summed E-state index contributed by atoms with van der Waals surface area (Å²) in [6.45, 7) is 0.633. The number of carbonyl (C=O) groups excluding carboxylic acids is 1. The molecule has 0 aliphatic rings. The summed E-state index contributed by atoms with van der Waals surface area (Å²) in [5, 5.41) is 2.58. The number of benzene rings is 1. The van der Waals surface area contributed by atoms with Crippen LogP contribution in [0, 0.1) is 0 Å². The third-order valence-electron chi connectivity index (χ3n) is 2.67. The molecule has 0 aromatic heterocycles. The van der Waals surface area contributed by atoms with Crippen molar-refractivity contribution in [2.75, 3.05) is 30.5 Å². The number of ether oxygens (including phenoxy) is 1. The number of methoxy groups -OCH3 is 1. The van der Waals surface area contributed by atoms with Crippen LogP contribution < -0.4 is 11.1 Å². The number of hydrogen-bond acceptors (Lipinski definition) is 5. The largest absolute Gasteiger partial charge is 0.385 e. The Kier molecular flexibility index (Phi) is 6.63. The number of carbonyl (C=O) groups is 1. The average Bonchev–Trinajstić information content (AvgIpc) is 2.38. The van der Waals surface area contributed by atoms with E-state index in [1.807, 2.05) is 0 Å². The Morgan fingerprint density at radius 2 is 2.05 bits per heavy atom. The smallest absolute Gasteiger partial charge is 0.239 e. The number of amides is 1. The van der Waals surface area contributed by atoms with Crippen molar-refractivity contribution in [1.29, 1.82) is 0 Å². The van der Waals surface area contributed by atoms with Gasteiger partial charge < -0.3 is 15.8 Å². The van der Waals surface area contributed by atoms with E-state index in [9.17, 15) is 13.2 Å². The molecule has 112 valence electrons. The number of para-hydroxylation sites is 1. The van der Waals surface area contributed by atoms with Crippen LogP contribution in [0.25, 0.3) is 0 Å². The number of hydrogen-bond donors (Lipinski definition) is 2. The molecule has 1 aromatic carbocycles. The number of nitrogens with two attached hydrogens (primary N) is 1. The first-order valence-corrected chi connectivity index (χ1v) is 8.08. The molecule has 0 saturated carbocycles. The van der Waals surface area contributed by atoms with Crippen LogP contribution in [0.3, 0.4) is 0 Å². The van der Waals surface area contributed by atoms with Crippen molar-refractivity contribution in [3.63, 3.8) is 0 Å². The SMILES string of the molecule is COCCCS(=O)(=O)CC(=O)Nc1ccccc1CN. The molecular formula is C13H20N2O4S. The Morgan fingerprint density at radius 3 is 2.70 bits per heavy atom. The van der Waals surface area contributed by atoms with Gasteiger partial charge in [-0.3, -0.25) is 4.79 Å². The first-order chi connectivity index (χ1) is 9.48. The summed E-state index contributed by atoms with van der Waals surface area (Å²) in [4.78, 5) is 11.8. The quantitative estimate of drug-likeness (QED) is 0.683. The highest BCUT2D eigenvalue weighted by Gasteiger charge is 2.17. The zero-order chi connectivity index (χ0) is 15.0. The first kappa shape index (κ1) is 16.6. The Balaban J connectivity index is 2.59. The topological polar surface area (TPSA) is 98.5 Å². The zero-order valence-electron chi connectivity index (χ0n) is 11.5. The van der Waals surface area contributed by atoms with Crippen LogP contribution in [0.4, 0.5) is 5.69 Å². The molecule has 1 aromatic rings. The van der Waals surface area contributed by atoms with Crippen molar-refractivity contribution >= 4 is 21.4 Å². The normalized spacial score (nSPS) is 11.3. The molecule has 3 N–H and O–H groups in total. The van der Waals surface area contributed by atoms with Crippen molar-refractivity contribution in [1.82, 2.24) is 0 Å². The predicted octanol–water partition coefficient (Wildman–Crippen LogP) is 0.535. The summed E-state index contributed by atoms with van der Waals surface area (Å²) in [6.07, 6.45) is 0.380. The molecule has 0 saturated heterocycles. The van der Waals surface area contributed by atoms with Gasteiger partial charge in [0.05, 0.1) is 5.75 Å². The summed E-state index contributed by atoms with van der Waals surface area (Å²) in [5.41, 5.74) is 6.86. The standard InChI is InChI=1S/C13H20N2O4S/c1-19-7-4-8-20(17,18)10-13(16)15-12-6-3-2-5-11(12)9-14/h2-3,5-6H,4,7-10,14H2,1H3,(H,15,16). The van der Waals surface area contributed by atoms with Crippen LogP contribution in [0.15, 0.2) is 24.3 Å². The van der Waals surface area contributed by atoms with Gasteiger partial charge in [-0.15, -0.1) is 0 Å². The highest BCUT2D eigenvalue weighted by molar-refractivity contribution is 7.92. The van der Waals surface area contributed by atoms with E-state index in [1.165, 1.54) is 7.11 Å². The molecule has 0 spiro atoms. The van der Waals surface area contributed by atoms with E-state index in [0.29, 0.717) is 18.7 Å². The molecule has 0 bridgehead atoms. The molecule has 0 heterocycles. The summed E-state index contributed by atoms with van der Waals surface area (Å²) in [6, 6.07) is 7.03. The van der Waals surface area contributed by atoms with Gasteiger partial charge in [0.25, 0.3) is 0 Å². The number of sulfone groups is 1. The van der Waals surface area contributed by atoms with Gasteiger partial charge in [-0.25, -0.2) is 8.42 Å². The molecule has 6 nitrogen and oxygen atoms in total. The fourth-order valence-corrected chi connectivity index (χ4v) is 2.88. The predicted molar refractivity (Wildman–Crippen MR) is 78.1 cm³/mol. The zero-order valence-corrected chi connectivity index (χ0v) is 12.3. The monoisotopic (exact) mass is 300 g/mol. The van der Waals surface area contributed by atoms with Gasteiger partial charge in [0.2, 0.25) is 5.91 Å². The highest BCUT2D eigenvalue weighted by Crippen LogP contribution is 2.14. The Hall–Kier alpha value is -1.44. The van der Waals surface area contributed by atoms with Crippen molar-refractivity contribution in [2.24, 2.45) is 5.73 Å². The summed E-state index contributed by atoms with van der Waals surface area (Å²) >= 11 is 0. The van der Waals surface area contributed by atoms with Gasteiger partial charge in [-0.05, 0) is 18.1 Å². The molecule has 0 aliphatic heterocycles. The minimum atomic E-state index is -3.42. The van der Waals surface area contributed by atoms with E-state index in [0.717, 1.165) is 5.56 Å². The van der Waals surface area contributed by atoms with Crippen LogP contribution in [0.5, 0.6) is 0 Å². The number of nitrogens with one attached hydrogen (secondary N) is 1. The van der Waals surface area contributed by atoms with Crippen LogP contribution >= 0.6 is 0 Å². The molecule has 20 heavy (non-hydrogen) atoms. The van der Waals surface area contributed by atoms with Crippen molar-refractivity contribution < 1.29 is 17.9 Å². The fourth-order valence-electron chi connectivity index (χ4n) is 1.70. The lowest BCUT2D eigenvalue weighted by Gasteiger charge is -2.09. The lowest BCUT2D eigenvalue weighted by Crippen LogP contribution is -2.25. The third-order valence-corrected chi connectivity index (χ3v) is 4.28. The molecule has 0 fully saturated rings. The molecule has 0 atom stereocenters. The summed E-state index contributed by atoms with van der Waals surface area (Å²) in [7, 11) is -1.91. The molecule has 0 unspecified atom stereocenters. The van der Waals surface area contributed by atoms with E-state index in [1.54, 1.807) is 24.3 Å². The number of rotatable bonds is 8. The van der Waals surface area contributed by atoms with Gasteiger partial charge in [-0.2, -0.15) is 0 Å². The van der Waals surface area contributed by atoms with Gasteiger partial charge >= 0.3 is 0 Å². The van der Waals surface area contributed by atoms with Gasteiger partial charge in [0, 0.05) is 25.9 Å². The van der Waals surface area contributed by atoms with Gasteiger partial charge in [0.15, 0.2) is 9.84 Å². The molecular weight excluding hydrogens is 280 g/mol. The van der Waals surface area contributed by atoms with Crippen molar-refractivity contribution in [3.8, 4) is 0 Å². The minimum absolute atomic E-state index is 0.0627. The van der Waals surface area contributed by atoms with Crippen molar-refractivity contribution in [2.45, 2.75) is 13.0 Å². The van der Waals surface area contributed by atoms with Crippen LogP contribution in [-0.2, 0) is 25.9 Å². The lowest BCUT2D eigenvalue weighted by atomic mass is 10.2. The maximum Gasteiger partial charge on any atom is 0.239 e.